The van der Waals surface area contributed by atoms with Crippen LogP contribution in [0.25, 0.3) is 0 Å². The topological polar surface area (TPSA) is 73.2 Å². The van der Waals surface area contributed by atoms with Gasteiger partial charge in [-0.25, -0.2) is 4.68 Å². The van der Waals surface area contributed by atoms with E-state index in [1.165, 1.54) is 16.8 Å². The molecule has 1 amide bonds. The SMILES string of the molecule is CCOc1ccc(NC(=O)c2ccc(=O)n(C(C)C)n2)cc1. The summed E-state index contributed by atoms with van der Waals surface area (Å²) in [4.78, 5) is 23.8. The van der Waals surface area contributed by atoms with Gasteiger partial charge in [-0.2, -0.15) is 5.10 Å². The van der Waals surface area contributed by atoms with Crippen molar-refractivity contribution < 1.29 is 9.53 Å². The number of amides is 1. The first-order valence-corrected chi connectivity index (χ1v) is 7.15. The Balaban J connectivity index is 2.15. The van der Waals surface area contributed by atoms with E-state index in [0.717, 1.165) is 5.75 Å². The lowest BCUT2D eigenvalue weighted by atomic mass is 10.3. The zero-order valence-electron chi connectivity index (χ0n) is 12.9. The highest BCUT2D eigenvalue weighted by Crippen LogP contribution is 2.16. The van der Waals surface area contributed by atoms with Gasteiger partial charge >= 0.3 is 0 Å². The van der Waals surface area contributed by atoms with Crippen molar-refractivity contribution in [1.29, 1.82) is 0 Å². The fraction of sp³-hybridized carbons (Fsp3) is 0.312. The van der Waals surface area contributed by atoms with Gasteiger partial charge in [0.25, 0.3) is 11.5 Å². The number of aromatic nitrogens is 2. The fourth-order valence-electron chi connectivity index (χ4n) is 1.91. The van der Waals surface area contributed by atoms with E-state index in [9.17, 15) is 9.59 Å². The van der Waals surface area contributed by atoms with Crippen molar-refractivity contribution in [3.8, 4) is 5.75 Å². The van der Waals surface area contributed by atoms with E-state index >= 15 is 0 Å². The first kappa shape index (κ1) is 15.8. The summed E-state index contributed by atoms with van der Waals surface area (Å²) in [5, 5.41) is 6.82. The molecule has 0 aliphatic carbocycles. The molecule has 1 heterocycles. The summed E-state index contributed by atoms with van der Waals surface area (Å²) >= 11 is 0. The molecule has 116 valence electrons. The Morgan fingerprint density at radius 2 is 1.91 bits per heavy atom. The average Bonchev–Trinajstić information content (AvgIpc) is 2.49. The number of anilines is 1. The third kappa shape index (κ3) is 3.72. The number of rotatable bonds is 5. The highest BCUT2D eigenvalue weighted by atomic mass is 16.5. The predicted molar refractivity (Wildman–Crippen MR) is 84.4 cm³/mol. The normalized spacial score (nSPS) is 10.5. The summed E-state index contributed by atoms with van der Waals surface area (Å²) in [5.41, 5.74) is 0.604. The van der Waals surface area contributed by atoms with Crippen molar-refractivity contribution in [1.82, 2.24) is 9.78 Å². The molecular weight excluding hydrogens is 282 g/mol. The van der Waals surface area contributed by atoms with Crippen LogP contribution in [-0.4, -0.2) is 22.3 Å². The van der Waals surface area contributed by atoms with Crippen molar-refractivity contribution in [2.45, 2.75) is 26.8 Å². The number of hydrogen-bond acceptors (Lipinski definition) is 4. The van der Waals surface area contributed by atoms with Crippen molar-refractivity contribution in [2.24, 2.45) is 0 Å². The van der Waals surface area contributed by atoms with Gasteiger partial charge in [-0.15, -0.1) is 0 Å². The first-order valence-electron chi connectivity index (χ1n) is 7.15. The molecule has 6 heteroatoms. The number of benzene rings is 1. The Hall–Kier alpha value is -2.63. The Bertz CT molecular complexity index is 705. The van der Waals surface area contributed by atoms with Crippen LogP contribution in [-0.2, 0) is 0 Å². The maximum absolute atomic E-state index is 12.2. The molecule has 2 rings (SSSR count). The summed E-state index contributed by atoms with van der Waals surface area (Å²) in [6, 6.07) is 9.72. The molecule has 1 aromatic carbocycles. The van der Waals surface area contributed by atoms with Gasteiger partial charge in [-0.3, -0.25) is 9.59 Å². The second kappa shape index (κ2) is 6.89. The van der Waals surface area contributed by atoms with Crippen LogP contribution in [0.2, 0.25) is 0 Å². The molecule has 1 N–H and O–H groups in total. The van der Waals surface area contributed by atoms with Crippen molar-refractivity contribution in [2.75, 3.05) is 11.9 Å². The minimum atomic E-state index is -0.362. The molecular formula is C16H19N3O3. The molecule has 0 aliphatic rings. The Morgan fingerprint density at radius 3 is 2.50 bits per heavy atom. The molecule has 22 heavy (non-hydrogen) atoms. The van der Waals surface area contributed by atoms with E-state index < -0.39 is 0 Å². The monoisotopic (exact) mass is 301 g/mol. The van der Waals surface area contributed by atoms with Gasteiger partial charge in [-0.05, 0) is 51.1 Å². The molecule has 0 saturated heterocycles. The largest absolute Gasteiger partial charge is 0.494 e. The van der Waals surface area contributed by atoms with Crippen LogP contribution < -0.4 is 15.6 Å². The van der Waals surface area contributed by atoms with Gasteiger partial charge in [0.15, 0.2) is 0 Å². The highest BCUT2D eigenvalue weighted by Gasteiger charge is 2.11. The molecule has 2 aromatic rings. The fourth-order valence-corrected chi connectivity index (χ4v) is 1.91. The van der Waals surface area contributed by atoms with E-state index in [4.69, 9.17) is 4.74 Å². The summed E-state index contributed by atoms with van der Waals surface area (Å²) in [6.45, 7) is 6.17. The standard InChI is InChI=1S/C16H19N3O3/c1-4-22-13-7-5-12(6-8-13)17-16(21)14-9-10-15(20)19(18-14)11(2)3/h5-11H,4H2,1-3H3,(H,17,21). The van der Waals surface area contributed by atoms with Crippen LogP contribution >= 0.6 is 0 Å². The van der Waals surface area contributed by atoms with Crippen LogP contribution in [0.1, 0.15) is 37.3 Å². The lowest BCUT2D eigenvalue weighted by molar-refractivity contribution is 0.101. The summed E-state index contributed by atoms with van der Waals surface area (Å²) < 4.78 is 6.63. The maximum Gasteiger partial charge on any atom is 0.276 e. The Kier molecular flexibility index (Phi) is 4.93. The van der Waals surface area contributed by atoms with Gasteiger partial charge in [-0.1, -0.05) is 0 Å². The average molecular weight is 301 g/mol. The number of nitrogens with zero attached hydrogens (tertiary/aromatic N) is 2. The van der Waals surface area contributed by atoms with Crippen molar-refractivity contribution in [3.05, 3.63) is 52.4 Å². The van der Waals surface area contributed by atoms with Gasteiger partial charge < -0.3 is 10.1 Å². The smallest absolute Gasteiger partial charge is 0.276 e. The first-order chi connectivity index (χ1) is 10.5. The van der Waals surface area contributed by atoms with Crippen LogP contribution in [0.5, 0.6) is 5.75 Å². The van der Waals surface area contributed by atoms with Crippen molar-refractivity contribution >= 4 is 11.6 Å². The molecule has 0 atom stereocenters. The lowest BCUT2D eigenvalue weighted by Crippen LogP contribution is -2.27. The lowest BCUT2D eigenvalue weighted by Gasteiger charge is -2.10. The van der Waals surface area contributed by atoms with Crippen molar-refractivity contribution in [3.63, 3.8) is 0 Å². The maximum atomic E-state index is 12.2. The van der Waals surface area contributed by atoms with Gasteiger partial charge in [0.05, 0.1) is 12.6 Å². The Morgan fingerprint density at radius 1 is 1.23 bits per heavy atom. The van der Waals surface area contributed by atoms with Gasteiger partial charge in [0, 0.05) is 11.8 Å². The van der Waals surface area contributed by atoms with Crippen LogP contribution in [0.4, 0.5) is 5.69 Å². The summed E-state index contributed by atoms with van der Waals surface area (Å²) in [7, 11) is 0. The zero-order chi connectivity index (χ0) is 16.1. The van der Waals surface area contributed by atoms with E-state index in [2.05, 4.69) is 10.4 Å². The second-order valence-corrected chi connectivity index (χ2v) is 5.01. The summed E-state index contributed by atoms with van der Waals surface area (Å²) in [6.07, 6.45) is 0. The number of ether oxygens (including phenoxy) is 1. The summed E-state index contributed by atoms with van der Waals surface area (Å²) in [5.74, 6) is 0.380. The van der Waals surface area contributed by atoms with E-state index in [1.54, 1.807) is 24.3 Å². The molecule has 0 aliphatic heterocycles. The van der Waals surface area contributed by atoms with E-state index in [1.807, 2.05) is 20.8 Å². The third-order valence-corrected chi connectivity index (χ3v) is 2.97. The third-order valence-electron chi connectivity index (χ3n) is 2.97. The molecule has 0 spiro atoms. The van der Waals surface area contributed by atoms with Gasteiger partial charge in [0.1, 0.15) is 11.4 Å². The Labute approximate surface area is 128 Å². The van der Waals surface area contributed by atoms with E-state index in [-0.39, 0.29) is 23.2 Å². The van der Waals surface area contributed by atoms with Crippen LogP contribution in [0, 0.1) is 0 Å². The van der Waals surface area contributed by atoms with Gasteiger partial charge in [0.2, 0.25) is 0 Å². The molecule has 0 saturated carbocycles. The second-order valence-electron chi connectivity index (χ2n) is 5.01. The molecule has 0 fully saturated rings. The zero-order valence-corrected chi connectivity index (χ0v) is 12.9. The highest BCUT2D eigenvalue weighted by molar-refractivity contribution is 6.02. The molecule has 6 nitrogen and oxygen atoms in total. The number of carbonyl (C=O) groups excluding carboxylic acids is 1. The molecule has 0 radical (unpaired) electrons. The van der Waals surface area contributed by atoms with E-state index in [0.29, 0.717) is 12.3 Å². The predicted octanol–water partition coefficient (Wildman–Crippen LogP) is 2.48. The minimum absolute atomic E-state index is 0.106. The quantitative estimate of drug-likeness (QED) is 0.920. The number of hydrogen-bond donors (Lipinski definition) is 1. The van der Waals surface area contributed by atoms with Crippen LogP contribution in [0.15, 0.2) is 41.2 Å². The molecule has 0 unspecified atom stereocenters. The molecule has 0 bridgehead atoms. The minimum Gasteiger partial charge on any atom is -0.494 e. The molecule has 1 aromatic heterocycles. The number of carbonyl (C=O) groups is 1. The van der Waals surface area contributed by atoms with Crippen LogP contribution in [0.3, 0.4) is 0 Å². The number of nitrogens with one attached hydrogen (secondary N) is 1.